The Kier molecular flexibility index (Phi) is 8.30. The Morgan fingerprint density at radius 2 is 1.77 bits per heavy atom. The van der Waals surface area contributed by atoms with Crippen molar-refractivity contribution in [1.82, 2.24) is 15.6 Å². The number of phenols is 1. The molecule has 1 amide bonds. The minimum atomic E-state index is -1.42. The summed E-state index contributed by atoms with van der Waals surface area (Å²) in [6.07, 6.45) is 0.126. The van der Waals surface area contributed by atoms with Gasteiger partial charge >= 0.3 is 17.9 Å². The number of aliphatic carboxylic acids is 3. The summed E-state index contributed by atoms with van der Waals surface area (Å²) < 4.78 is 0. The average molecular weight is 438 g/mol. The maximum Gasteiger partial charge on any atom is 0.323 e. The van der Waals surface area contributed by atoms with Crippen molar-refractivity contribution in [3.05, 3.63) is 29.8 Å². The molecule has 12 nitrogen and oxygen atoms in total. The molecule has 0 aromatic heterocycles. The quantitative estimate of drug-likeness (QED) is 0.228. The number of phenolic OH excluding ortho intramolecular Hbond substituents is 1. The van der Waals surface area contributed by atoms with Gasteiger partial charge in [-0.2, -0.15) is 5.12 Å². The molecule has 1 aromatic rings. The molecule has 0 aliphatic carbocycles. The maximum atomic E-state index is 12.0. The van der Waals surface area contributed by atoms with Gasteiger partial charge in [0.25, 0.3) is 0 Å². The van der Waals surface area contributed by atoms with Crippen LogP contribution in [0.5, 0.6) is 5.75 Å². The molecule has 1 heterocycles. The highest BCUT2D eigenvalue weighted by molar-refractivity contribution is 5.78. The molecule has 1 aliphatic heterocycles. The van der Waals surface area contributed by atoms with Gasteiger partial charge in [-0.3, -0.25) is 19.2 Å². The summed E-state index contributed by atoms with van der Waals surface area (Å²) in [5, 5.41) is 40.6. The van der Waals surface area contributed by atoms with Gasteiger partial charge in [0.1, 0.15) is 23.9 Å². The van der Waals surface area contributed by atoms with Crippen LogP contribution in [0.3, 0.4) is 0 Å². The minimum absolute atomic E-state index is 0.00368. The molecular weight excluding hydrogens is 412 g/mol. The summed E-state index contributed by atoms with van der Waals surface area (Å²) in [6, 6.07) is 2.04. The highest BCUT2D eigenvalue weighted by Gasteiger charge is 2.41. The fourth-order valence-corrected chi connectivity index (χ4v) is 3.45. The van der Waals surface area contributed by atoms with Crippen molar-refractivity contribution in [3.63, 3.8) is 0 Å². The first-order valence-electron chi connectivity index (χ1n) is 9.66. The molecule has 0 unspecified atom stereocenters. The zero-order valence-corrected chi connectivity index (χ0v) is 16.7. The molecule has 1 fully saturated rings. The molecule has 0 saturated carbocycles. The number of hydrogen-bond donors (Lipinski definition) is 6. The molecule has 3 atom stereocenters. The smallest absolute Gasteiger partial charge is 0.323 e. The Morgan fingerprint density at radius 3 is 2.29 bits per heavy atom. The van der Waals surface area contributed by atoms with Gasteiger partial charge in [-0.1, -0.05) is 12.1 Å². The van der Waals surface area contributed by atoms with Gasteiger partial charge in [-0.15, -0.1) is 0 Å². The van der Waals surface area contributed by atoms with Gasteiger partial charge in [0.05, 0.1) is 0 Å². The van der Waals surface area contributed by atoms with Gasteiger partial charge in [-0.05, 0) is 43.4 Å². The van der Waals surface area contributed by atoms with E-state index in [1.54, 1.807) is 0 Å². The standard InChI is InChI=1S/C19H26N4O8/c20-16(25)8-7-15(19(30)31)23(22-9-1-2-14(22)18(28)29)21-13(17(26)27)10-11-3-5-12(24)6-4-11/h3-6,13-15,21,24H,1-2,7-10H2,(H2,20,25)(H,26,27)(H,28,29)(H,30,31)/t13-,14-,15-/m1/s1. The van der Waals surface area contributed by atoms with Crippen LogP contribution in [-0.2, 0) is 25.6 Å². The van der Waals surface area contributed by atoms with Crippen molar-refractivity contribution in [2.45, 2.75) is 50.2 Å². The summed E-state index contributed by atoms with van der Waals surface area (Å²) in [4.78, 5) is 46.7. The Labute approximate surface area is 177 Å². The lowest BCUT2D eigenvalue weighted by atomic mass is 10.1. The number of benzene rings is 1. The van der Waals surface area contributed by atoms with Gasteiger partial charge in [-0.25, -0.2) is 10.4 Å². The number of primary amides is 1. The maximum absolute atomic E-state index is 12.0. The monoisotopic (exact) mass is 438 g/mol. The zero-order chi connectivity index (χ0) is 23.1. The van der Waals surface area contributed by atoms with Gasteiger partial charge in [0.15, 0.2) is 0 Å². The summed E-state index contributed by atoms with van der Waals surface area (Å²) in [7, 11) is 0. The van der Waals surface area contributed by atoms with E-state index < -0.39 is 41.9 Å². The Bertz CT molecular complexity index is 816. The van der Waals surface area contributed by atoms with Crippen molar-refractivity contribution in [1.29, 1.82) is 0 Å². The van der Waals surface area contributed by atoms with Crippen LogP contribution in [0.1, 0.15) is 31.2 Å². The van der Waals surface area contributed by atoms with Gasteiger partial charge < -0.3 is 26.2 Å². The minimum Gasteiger partial charge on any atom is -0.508 e. The first-order valence-corrected chi connectivity index (χ1v) is 9.66. The number of hydrazine groups is 2. The summed E-state index contributed by atoms with van der Waals surface area (Å²) in [5.74, 6) is -4.55. The Morgan fingerprint density at radius 1 is 1.13 bits per heavy atom. The summed E-state index contributed by atoms with van der Waals surface area (Å²) >= 11 is 0. The lowest BCUT2D eigenvalue weighted by molar-refractivity contribution is -0.180. The fraction of sp³-hybridized carbons (Fsp3) is 0.474. The van der Waals surface area contributed by atoms with E-state index in [4.69, 9.17) is 5.73 Å². The molecule has 7 N–H and O–H groups in total. The van der Waals surface area contributed by atoms with E-state index in [-0.39, 0.29) is 38.0 Å². The number of amides is 1. The van der Waals surface area contributed by atoms with Crippen LogP contribution in [0.15, 0.2) is 24.3 Å². The number of carboxylic acid groups (broad SMARTS) is 3. The second kappa shape index (κ2) is 10.7. The van der Waals surface area contributed by atoms with E-state index in [1.165, 1.54) is 29.3 Å². The lowest BCUT2D eigenvalue weighted by Crippen LogP contribution is -2.64. The van der Waals surface area contributed by atoms with Crippen molar-refractivity contribution in [2.24, 2.45) is 5.73 Å². The number of nitrogens with zero attached hydrogens (tertiary/aromatic N) is 2. The molecule has 1 saturated heterocycles. The highest BCUT2D eigenvalue weighted by Crippen LogP contribution is 2.23. The molecule has 0 bridgehead atoms. The van der Waals surface area contributed by atoms with Crippen LogP contribution in [0.4, 0.5) is 0 Å². The predicted molar refractivity (Wildman–Crippen MR) is 105 cm³/mol. The van der Waals surface area contributed by atoms with E-state index in [2.05, 4.69) is 5.43 Å². The SMILES string of the molecule is NC(=O)CC[C@H](C(=O)O)N(N[C@H](Cc1ccc(O)cc1)C(=O)O)N1CCC[C@@H]1C(=O)O. The van der Waals surface area contributed by atoms with E-state index in [1.807, 2.05) is 0 Å². The molecule has 31 heavy (non-hydrogen) atoms. The summed E-state index contributed by atoms with van der Waals surface area (Å²) in [5.41, 5.74) is 8.34. The molecule has 0 radical (unpaired) electrons. The van der Waals surface area contributed by atoms with E-state index >= 15 is 0 Å². The molecule has 12 heteroatoms. The first-order chi connectivity index (χ1) is 14.6. The molecule has 1 aliphatic rings. The van der Waals surface area contributed by atoms with Crippen molar-refractivity contribution >= 4 is 23.8 Å². The molecule has 0 spiro atoms. The number of nitrogens with one attached hydrogen (secondary N) is 1. The van der Waals surface area contributed by atoms with Crippen molar-refractivity contribution in [3.8, 4) is 5.75 Å². The molecule has 1 aromatic carbocycles. The second-order valence-corrected chi connectivity index (χ2v) is 7.25. The topological polar surface area (TPSA) is 194 Å². The number of aromatic hydroxyl groups is 1. The third-order valence-electron chi connectivity index (χ3n) is 4.99. The lowest BCUT2D eigenvalue weighted by Gasteiger charge is -2.40. The largest absolute Gasteiger partial charge is 0.508 e. The molecular formula is C19H26N4O8. The number of carboxylic acids is 3. The fourth-order valence-electron chi connectivity index (χ4n) is 3.45. The number of rotatable bonds is 12. The third kappa shape index (κ3) is 6.64. The van der Waals surface area contributed by atoms with Crippen molar-refractivity contribution < 1.29 is 39.6 Å². The first kappa shape index (κ1) is 24.1. The third-order valence-corrected chi connectivity index (χ3v) is 4.99. The van der Waals surface area contributed by atoms with E-state index in [0.717, 1.165) is 5.12 Å². The Hall–Kier alpha value is -3.22. The van der Waals surface area contributed by atoms with E-state index in [9.17, 15) is 39.6 Å². The number of carbonyl (C=O) groups excluding carboxylic acids is 1. The van der Waals surface area contributed by atoms with Gasteiger partial charge in [0, 0.05) is 13.0 Å². The molecule has 2 rings (SSSR count). The van der Waals surface area contributed by atoms with Crippen molar-refractivity contribution in [2.75, 3.05) is 6.54 Å². The van der Waals surface area contributed by atoms with Crippen LogP contribution < -0.4 is 11.2 Å². The van der Waals surface area contributed by atoms with Crippen LogP contribution in [0.25, 0.3) is 0 Å². The molecule has 170 valence electrons. The number of nitrogens with two attached hydrogens (primary N) is 1. The number of carbonyl (C=O) groups is 4. The van der Waals surface area contributed by atoms with Crippen LogP contribution in [-0.4, -0.2) is 79.0 Å². The van der Waals surface area contributed by atoms with Crippen LogP contribution >= 0.6 is 0 Å². The zero-order valence-electron chi connectivity index (χ0n) is 16.7. The Balaban J connectivity index is 2.34. The van der Waals surface area contributed by atoms with E-state index in [0.29, 0.717) is 12.0 Å². The predicted octanol–water partition coefficient (Wildman–Crippen LogP) is -0.623. The average Bonchev–Trinajstić information content (AvgIpc) is 3.17. The summed E-state index contributed by atoms with van der Waals surface area (Å²) in [6.45, 7) is 0.190. The highest BCUT2D eigenvalue weighted by atomic mass is 16.4. The normalized spacial score (nSPS) is 18.5. The van der Waals surface area contributed by atoms with Crippen LogP contribution in [0.2, 0.25) is 0 Å². The second-order valence-electron chi connectivity index (χ2n) is 7.25. The van der Waals surface area contributed by atoms with Gasteiger partial charge in [0.2, 0.25) is 5.91 Å². The van der Waals surface area contributed by atoms with Crippen LogP contribution in [0, 0.1) is 0 Å². The number of hydrogen-bond acceptors (Lipinski definition) is 8.